The van der Waals surface area contributed by atoms with Crippen LogP contribution in [0.25, 0.3) is 5.69 Å². The Morgan fingerprint density at radius 2 is 1.96 bits per heavy atom. The highest BCUT2D eigenvalue weighted by molar-refractivity contribution is 6.43. The van der Waals surface area contributed by atoms with Gasteiger partial charge in [0.05, 0.1) is 15.7 Å². The van der Waals surface area contributed by atoms with Crippen LogP contribution in [0.2, 0.25) is 10.0 Å². The average Bonchev–Trinajstić information content (AvgIpc) is 2.57. The molecule has 0 atom stereocenters. The number of hydrogen-bond acceptors (Lipinski definition) is 4. The fraction of sp³-hybridized carbons (Fsp3) is 0.474. The lowest BCUT2D eigenvalue weighted by molar-refractivity contribution is 0.290. The maximum Gasteiger partial charge on any atom is 0.260 e. The number of hydrogen-bond donors (Lipinski definition) is 1. The maximum atomic E-state index is 12.8. The van der Waals surface area contributed by atoms with E-state index in [1.165, 1.54) is 4.57 Å². The highest BCUT2D eigenvalue weighted by Crippen LogP contribution is 2.31. The fourth-order valence-corrected chi connectivity index (χ4v) is 3.94. The number of aromatic nitrogens is 2. The third kappa shape index (κ3) is 3.75. The van der Waals surface area contributed by atoms with Crippen LogP contribution in [0.1, 0.15) is 38.4 Å². The highest BCUT2D eigenvalue weighted by Gasteiger charge is 2.30. The van der Waals surface area contributed by atoms with E-state index in [9.17, 15) is 4.79 Å². The first kappa shape index (κ1) is 19.2. The monoisotopic (exact) mass is 394 g/mol. The molecule has 1 saturated carbocycles. The second-order valence-electron chi connectivity index (χ2n) is 7.40. The zero-order chi connectivity index (χ0) is 19.1. The van der Waals surface area contributed by atoms with Crippen molar-refractivity contribution in [3.8, 4) is 5.69 Å². The molecule has 140 valence electrons. The molecule has 1 aromatic carbocycles. The van der Waals surface area contributed by atoms with Crippen LogP contribution in [-0.2, 0) is 0 Å². The molecule has 0 unspecified atom stereocenters. The van der Waals surface area contributed by atoms with Gasteiger partial charge in [-0.3, -0.25) is 9.36 Å². The Hall–Kier alpha value is -1.56. The normalized spacial score (nSPS) is 23.1. The van der Waals surface area contributed by atoms with E-state index in [2.05, 4.69) is 16.8 Å². The summed E-state index contributed by atoms with van der Waals surface area (Å²) in [6, 6.07) is 7.11. The third-order valence-electron chi connectivity index (χ3n) is 5.25. The molecule has 26 heavy (non-hydrogen) atoms. The molecular weight excluding hydrogens is 371 g/mol. The van der Waals surface area contributed by atoms with Gasteiger partial charge in [0, 0.05) is 24.7 Å². The second-order valence-corrected chi connectivity index (χ2v) is 8.19. The minimum atomic E-state index is -0.178. The molecule has 2 aromatic rings. The lowest BCUT2D eigenvalue weighted by Gasteiger charge is -2.39. The number of rotatable bonds is 3. The van der Waals surface area contributed by atoms with Crippen molar-refractivity contribution in [3.63, 3.8) is 0 Å². The lowest BCUT2D eigenvalue weighted by atomic mass is 9.81. The van der Waals surface area contributed by atoms with Gasteiger partial charge in [-0.05, 0) is 51.7 Å². The number of anilines is 1. The summed E-state index contributed by atoms with van der Waals surface area (Å²) in [4.78, 5) is 19.5. The summed E-state index contributed by atoms with van der Waals surface area (Å²) in [5, 5.41) is 0.750. The van der Waals surface area contributed by atoms with Gasteiger partial charge in [-0.1, -0.05) is 29.3 Å². The summed E-state index contributed by atoms with van der Waals surface area (Å²) >= 11 is 12.4. The summed E-state index contributed by atoms with van der Waals surface area (Å²) in [6.45, 7) is 3.90. The van der Waals surface area contributed by atoms with Crippen LogP contribution in [0.3, 0.4) is 0 Å². The Bertz CT molecular complexity index is 868. The number of halogens is 2. The molecule has 5 nitrogen and oxygen atoms in total. The van der Waals surface area contributed by atoms with Crippen molar-refractivity contribution in [1.82, 2.24) is 9.55 Å². The van der Waals surface area contributed by atoms with Crippen molar-refractivity contribution in [3.05, 3.63) is 50.5 Å². The van der Waals surface area contributed by atoms with Gasteiger partial charge >= 0.3 is 0 Å². The molecule has 0 aliphatic heterocycles. The van der Waals surface area contributed by atoms with Gasteiger partial charge in [0.1, 0.15) is 11.6 Å². The van der Waals surface area contributed by atoms with E-state index in [1.807, 2.05) is 7.05 Å². The highest BCUT2D eigenvalue weighted by atomic mass is 35.5. The fourth-order valence-electron chi connectivity index (χ4n) is 3.56. The lowest BCUT2D eigenvalue weighted by Crippen LogP contribution is -2.46. The van der Waals surface area contributed by atoms with Gasteiger partial charge in [-0.2, -0.15) is 0 Å². The second kappa shape index (κ2) is 7.22. The molecule has 1 aliphatic rings. The van der Waals surface area contributed by atoms with Gasteiger partial charge in [0.2, 0.25) is 0 Å². The number of nitrogens with two attached hydrogens (primary N) is 1. The van der Waals surface area contributed by atoms with Crippen molar-refractivity contribution in [2.45, 2.75) is 51.1 Å². The summed E-state index contributed by atoms with van der Waals surface area (Å²) < 4.78 is 1.49. The Labute approximate surface area is 163 Å². The van der Waals surface area contributed by atoms with Crippen LogP contribution in [0.4, 0.5) is 5.82 Å². The minimum absolute atomic E-state index is 0.0899. The third-order valence-corrected chi connectivity index (χ3v) is 6.06. The van der Waals surface area contributed by atoms with Crippen LogP contribution in [0.5, 0.6) is 0 Å². The van der Waals surface area contributed by atoms with E-state index in [4.69, 9.17) is 28.9 Å². The molecule has 0 amide bonds. The molecule has 3 rings (SSSR count). The minimum Gasteiger partial charge on any atom is -0.356 e. The standard InChI is InChI=1S/C19H24Cl2N4O/c1-12-23-16(24(3)13-7-9-19(2,22)10-8-13)11-17(26)25(12)15-6-4-5-14(20)18(15)21/h4-6,11,13H,7-10,22H2,1-3H3. The molecule has 0 saturated heterocycles. The Morgan fingerprint density at radius 3 is 2.58 bits per heavy atom. The van der Waals surface area contributed by atoms with Crippen molar-refractivity contribution < 1.29 is 0 Å². The summed E-state index contributed by atoms with van der Waals surface area (Å²) in [5.74, 6) is 1.25. The quantitative estimate of drug-likeness (QED) is 0.855. The topological polar surface area (TPSA) is 64.2 Å². The van der Waals surface area contributed by atoms with Crippen LogP contribution in [0.15, 0.2) is 29.1 Å². The molecule has 1 fully saturated rings. The Kier molecular flexibility index (Phi) is 5.33. The van der Waals surface area contributed by atoms with Crippen LogP contribution < -0.4 is 16.2 Å². The molecule has 1 aliphatic carbocycles. The van der Waals surface area contributed by atoms with E-state index >= 15 is 0 Å². The predicted molar refractivity (Wildman–Crippen MR) is 108 cm³/mol. The van der Waals surface area contributed by atoms with E-state index in [-0.39, 0.29) is 11.1 Å². The van der Waals surface area contributed by atoms with Crippen molar-refractivity contribution >= 4 is 29.0 Å². The smallest absolute Gasteiger partial charge is 0.260 e. The van der Waals surface area contributed by atoms with Gasteiger partial charge in [0.25, 0.3) is 5.56 Å². The van der Waals surface area contributed by atoms with E-state index in [0.717, 1.165) is 25.7 Å². The van der Waals surface area contributed by atoms with Crippen LogP contribution >= 0.6 is 23.2 Å². The summed E-state index contributed by atoms with van der Waals surface area (Å²) in [7, 11) is 1.99. The number of nitrogens with zero attached hydrogens (tertiary/aromatic N) is 3. The first-order chi connectivity index (χ1) is 12.2. The van der Waals surface area contributed by atoms with Crippen molar-refractivity contribution in [2.75, 3.05) is 11.9 Å². The first-order valence-corrected chi connectivity index (χ1v) is 9.52. The molecule has 7 heteroatoms. The molecule has 2 N–H and O–H groups in total. The largest absolute Gasteiger partial charge is 0.356 e. The van der Waals surface area contributed by atoms with Crippen LogP contribution in [-0.4, -0.2) is 28.2 Å². The van der Waals surface area contributed by atoms with E-state index in [0.29, 0.717) is 33.4 Å². The maximum absolute atomic E-state index is 12.8. The molecular formula is C19H24Cl2N4O. The SMILES string of the molecule is Cc1nc(N(C)C2CCC(C)(N)CC2)cc(=O)n1-c1cccc(Cl)c1Cl. The first-order valence-electron chi connectivity index (χ1n) is 8.76. The van der Waals surface area contributed by atoms with Crippen molar-refractivity contribution in [1.29, 1.82) is 0 Å². The van der Waals surface area contributed by atoms with Gasteiger partial charge in [0.15, 0.2) is 0 Å². The van der Waals surface area contributed by atoms with Gasteiger partial charge in [-0.15, -0.1) is 0 Å². The molecule has 1 heterocycles. The van der Waals surface area contributed by atoms with Crippen LogP contribution in [0, 0.1) is 6.92 Å². The molecule has 0 radical (unpaired) electrons. The molecule has 0 spiro atoms. The average molecular weight is 395 g/mol. The van der Waals surface area contributed by atoms with E-state index in [1.54, 1.807) is 31.2 Å². The zero-order valence-corrected chi connectivity index (χ0v) is 16.8. The summed E-state index contributed by atoms with van der Waals surface area (Å²) in [6.07, 6.45) is 3.92. The number of aryl methyl sites for hydroxylation is 1. The van der Waals surface area contributed by atoms with Gasteiger partial charge in [-0.25, -0.2) is 4.98 Å². The molecule has 1 aromatic heterocycles. The predicted octanol–water partition coefficient (Wildman–Crippen LogP) is 3.94. The zero-order valence-electron chi connectivity index (χ0n) is 15.3. The number of benzene rings is 1. The Morgan fingerprint density at radius 1 is 1.31 bits per heavy atom. The summed E-state index contributed by atoms with van der Waals surface area (Å²) in [5.41, 5.74) is 6.50. The Balaban J connectivity index is 1.93. The molecule has 0 bridgehead atoms. The van der Waals surface area contributed by atoms with Crippen molar-refractivity contribution in [2.24, 2.45) is 5.73 Å². The van der Waals surface area contributed by atoms with E-state index < -0.39 is 0 Å². The van der Waals surface area contributed by atoms with Gasteiger partial charge < -0.3 is 10.6 Å².